The third-order valence-corrected chi connectivity index (χ3v) is 2.40. The molecule has 0 saturated heterocycles. The highest BCUT2D eigenvalue weighted by molar-refractivity contribution is 5.99. The van der Waals surface area contributed by atoms with Crippen LogP contribution in [0.1, 0.15) is 29.2 Å². The van der Waals surface area contributed by atoms with E-state index in [1.54, 1.807) is 36.4 Å². The molecule has 2 rings (SSSR count). The average molecular weight is 256 g/mol. The number of esters is 1. The zero-order valence-corrected chi connectivity index (χ0v) is 10.3. The maximum atomic E-state index is 12.3. The van der Waals surface area contributed by atoms with Crippen molar-refractivity contribution in [3.05, 3.63) is 60.2 Å². The van der Waals surface area contributed by atoms with Crippen molar-refractivity contribution in [2.24, 2.45) is 0 Å². The molecule has 0 amide bonds. The summed E-state index contributed by atoms with van der Waals surface area (Å²) in [5.74, 6) is -0.936. The molecule has 0 aliphatic rings. The summed E-state index contributed by atoms with van der Waals surface area (Å²) in [4.78, 5) is 31.5. The SMILES string of the molecule is CC(=O)OC(C(=O)c1ccccn1)c1ccccn1. The Morgan fingerprint density at radius 1 is 1.05 bits per heavy atom. The molecule has 0 saturated carbocycles. The zero-order valence-electron chi connectivity index (χ0n) is 10.3. The number of ether oxygens (including phenoxy) is 1. The number of carbonyl (C=O) groups is 2. The highest BCUT2D eigenvalue weighted by Gasteiger charge is 2.26. The predicted octanol–water partition coefficient (Wildman–Crippen LogP) is 1.96. The van der Waals surface area contributed by atoms with Gasteiger partial charge in [-0.05, 0) is 24.3 Å². The molecule has 0 bridgehead atoms. The van der Waals surface area contributed by atoms with Crippen LogP contribution in [-0.4, -0.2) is 21.7 Å². The highest BCUT2D eigenvalue weighted by atomic mass is 16.5. The van der Waals surface area contributed by atoms with Gasteiger partial charge in [0, 0.05) is 19.3 Å². The van der Waals surface area contributed by atoms with Crippen LogP contribution < -0.4 is 0 Å². The van der Waals surface area contributed by atoms with E-state index in [1.807, 2.05) is 0 Å². The number of Topliss-reactive ketones (excluding diaryl/α,β-unsaturated/α-hetero) is 1. The molecule has 2 heterocycles. The van der Waals surface area contributed by atoms with E-state index in [4.69, 9.17) is 4.74 Å². The van der Waals surface area contributed by atoms with Crippen LogP contribution in [0.15, 0.2) is 48.8 Å². The fourth-order valence-electron chi connectivity index (χ4n) is 1.59. The molecule has 0 spiro atoms. The van der Waals surface area contributed by atoms with E-state index in [9.17, 15) is 9.59 Å². The lowest BCUT2D eigenvalue weighted by molar-refractivity contribution is -0.144. The van der Waals surface area contributed by atoms with Crippen molar-refractivity contribution < 1.29 is 14.3 Å². The maximum absolute atomic E-state index is 12.3. The van der Waals surface area contributed by atoms with E-state index < -0.39 is 17.9 Å². The van der Waals surface area contributed by atoms with Crippen molar-refractivity contribution in [3.8, 4) is 0 Å². The Bertz CT molecular complexity index is 570. The van der Waals surface area contributed by atoms with Gasteiger partial charge in [0.1, 0.15) is 5.69 Å². The second-order valence-electron chi connectivity index (χ2n) is 3.82. The van der Waals surface area contributed by atoms with Crippen LogP contribution in [0, 0.1) is 0 Å². The molecule has 2 aromatic heterocycles. The number of ketones is 1. The minimum atomic E-state index is -1.06. The number of pyridine rings is 2. The Morgan fingerprint density at radius 2 is 1.74 bits per heavy atom. The number of carbonyl (C=O) groups excluding carboxylic acids is 2. The molecule has 0 aromatic carbocycles. The van der Waals surface area contributed by atoms with Crippen molar-refractivity contribution in [3.63, 3.8) is 0 Å². The summed E-state index contributed by atoms with van der Waals surface area (Å²) in [5.41, 5.74) is 0.618. The second kappa shape index (κ2) is 5.86. The Balaban J connectivity index is 2.33. The standard InChI is InChI=1S/C14H12N2O3/c1-10(17)19-14(12-7-3-5-9-16-12)13(18)11-6-2-4-8-15-11/h2-9,14H,1H3. The summed E-state index contributed by atoms with van der Waals surface area (Å²) in [6, 6.07) is 10.1. The van der Waals surface area contributed by atoms with Crippen LogP contribution in [0.25, 0.3) is 0 Å². The molecule has 1 atom stereocenters. The molecule has 19 heavy (non-hydrogen) atoms. The molecular formula is C14H12N2O3. The fraction of sp³-hybridized carbons (Fsp3) is 0.143. The Hall–Kier alpha value is -2.56. The summed E-state index contributed by atoms with van der Waals surface area (Å²) >= 11 is 0. The van der Waals surface area contributed by atoms with Crippen molar-refractivity contribution >= 4 is 11.8 Å². The average Bonchev–Trinajstić information content (AvgIpc) is 2.46. The van der Waals surface area contributed by atoms with Gasteiger partial charge in [0.15, 0.2) is 0 Å². The van der Waals surface area contributed by atoms with Gasteiger partial charge in [0.2, 0.25) is 11.9 Å². The topological polar surface area (TPSA) is 69.2 Å². The van der Waals surface area contributed by atoms with Gasteiger partial charge in [-0.15, -0.1) is 0 Å². The van der Waals surface area contributed by atoms with Gasteiger partial charge in [0.25, 0.3) is 0 Å². The number of aromatic nitrogens is 2. The molecule has 1 unspecified atom stereocenters. The van der Waals surface area contributed by atoms with Crippen molar-refractivity contribution in [2.75, 3.05) is 0 Å². The smallest absolute Gasteiger partial charge is 0.303 e. The third kappa shape index (κ3) is 3.22. The van der Waals surface area contributed by atoms with Crippen LogP contribution in [0.5, 0.6) is 0 Å². The first kappa shape index (κ1) is 12.9. The van der Waals surface area contributed by atoms with Gasteiger partial charge in [-0.1, -0.05) is 12.1 Å². The molecule has 96 valence electrons. The van der Waals surface area contributed by atoms with Crippen molar-refractivity contribution in [2.45, 2.75) is 13.0 Å². The van der Waals surface area contributed by atoms with Crippen LogP contribution in [-0.2, 0) is 9.53 Å². The lowest BCUT2D eigenvalue weighted by Crippen LogP contribution is -2.20. The highest BCUT2D eigenvalue weighted by Crippen LogP contribution is 2.19. The van der Waals surface area contributed by atoms with Gasteiger partial charge in [-0.25, -0.2) is 0 Å². The normalized spacial score (nSPS) is 11.6. The fourth-order valence-corrected chi connectivity index (χ4v) is 1.59. The Kier molecular flexibility index (Phi) is 3.97. The van der Waals surface area contributed by atoms with Crippen LogP contribution >= 0.6 is 0 Å². The lowest BCUT2D eigenvalue weighted by atomic mass is 10.1. The minimum Gasteiger partial charge on any atom is -0.447 e. The Labute approximate surface area is 110 Å². The summed E-state index contributed by atoms with van der Waals surface area (Å²) in [5, 5.41) is 0. The molecule has 5 heteroatoms. The molecule has 2 aromatic rings. The van der Waals surface area contributed by atoms with E-state index in [1.165, 1.54) is 19.3 Å². The predicted molar refractivity (Wildman–Crippen MR) is 67.3 cm³/mol. The molecule has 0 aliphatic carbocycles. The quantitative estimate of drug-likeness (QED) is 0.617. The molecule has 5 nitrogen and oxygen atoms in total. The largest absolute Gasteiger partial charge is 0.447 e. The van der Waals surface area contributed by atoms with Gasteiger partial charge >= 0.3 is 5.97 Å². The van der Waals surface area contributed by atoms with Gasteiger partial charge in [0.05, 0.1) is 5.69 Å². The van der Waals surface area contributed by atoms with Gasteiger partial charge < -0.3 is 4.74 Å². The van der Waals surface area contributed by atoms with E-state index in [0.717, 1.165) is 0 Å². The Morgan fingerprint density at radius 3 is 2.26 bits per heavy atom. The van der Waals surface area contributed by atoms with Crippen LogP contribution in [0.2, 0.25) is 0 Å². The van der Waals surface area contributed by atoms with E-state index in [2.05, 4.69) is 9.97 Å². The van der Waals surface area contributed by atoms with E-state index >= 15 is 0 Å². The van der Waals surface area contributed by atoms with E-state index in [-0.39, 0.29) is 5.69 Å². The van der Waals surface area contributed by atoms with Crippen molar-refractivity contribution in [1.29, 1.82) is 0 Å². The zero-order chi connectivity index (χ0) is 13.7. The number of hydrogen-bond donors (Lipinski definition) is 0. The van der Waals surface area contributed by atoms with Gasteiger partial charge in [-0.2, -0.15) is 0 Å². The van der Waals surface area contributed by atoms with Crippen LogP contribution in [0.4, 0.5) is 0 Å². The number of hydrogen-bond acceptors (Lipinski definition) is 5. The molecule has 0 fully saturated rings. The van der Waals surface area contributed by atoms with Crippen molar-refractivity contribution in [1.82, 2.24) is 9.97 Å². The minimum absolute atomic E-state index is 0.236. The first-order chi connectivity index (χ1) is 9.18. The first-order valence-electron chi connectivity index (χ1n) is 5.72. The van der Waals surface area contributed by atoms with E-state index in [0.29, 0.717) is 5.69 Å². The molecular weight excluding hydrogens is 244 g/mol. The molecule has 0 aliphatic heterocycles. The number of rotatable bonds is 4. The van der Waals surface area contributed by atoms with Crippen LogP contribution in [0.3, 0.4) is 0 Å². The first-order valence-corrected chi connectivity index (χ1v) is 5.72. The summed E-state index contributed by atoms with van der Waals surface area (Å²) in [7, 11) is 0. The summed E-state index contributed by atoms with van der Waals surface area (Å²) in [6.07, 6.45) is 1.99. The summed E-state index contributed by atoms with van der Waals surface area (Å²) in [6.45, 7) is 1.25. The molecule has 0 N–H and O–H groups in total. The lowest BCUT2D eigenvalue weighted by Gasteiger charge is -2.14. The monoisotopic (exact) mass is 256 g/mol. The maximum Gasteiger partial charge on any atom is 0.303 e. The third-order valence-electron chi connectivity index (χ3n) is 2.40. The molecule has 0 radical (unpaired) electrons. The second-order valence-corrected chi connectivity index (χ2v) is 3.82. The number of nitrogens with zero attached hydrogens (tertiary/aromatic N) is 2. The summed E-state index contributed by atoms with van der Waals surface area (Å²) < 4.78 is 5.06. The van der Waals surface area contributed by atoms with Gasteiger partial charge in [-0.3, -0.25) is 19.6 Å².